The van der Waals surface area contributed by atoms with E-state index in [1.165, 1.54) is 0 Å². The quantitative estimate of drug-likeness (QED) is 0.188. The van der Waals surface area contributed by atoms with Gasteiger partial charge in [0.25, 0.3) is 0 Å². The van der Waals surface area contributed by atoms with Gasteiger partial charge in [0, 0.05) is 32.7 Å². The SMILES string of the molecule is c1ccc(-c2ccc3c4cc(-c5ccc6c(c5)oc5ccccc56)ccc4n(-c4nc(-c5ccccc5)nc(-c5ccccc5)n4)c3c2)cc1. The van der Waals surface area contributed by atoms with Crippen LogP contribution in [0.1, 0.15) is 0 Å². The van der Waals surface area contributed by atoms with E-state index in [-0.39, 0.29) is 0 Å². The predicted octanol–water partition coefficient (Wildman–Crippen LogP) is 11.5. The highest BCUT2D eigenvalue weighted by atomic mass is 16.3. The summed E-state index contributed by atoms with van der Waals surface area (Å²) in [7, 11) is 0. The molecule has 0 saturated carbocycles. The van der Waals surface area contributed by atoms with Gasteiger partial charge in [-0.2, -0.15) is 9.97 Å². The highest BCUT2D eigenvalue weighted by Gasteiger charge is 2.19. The Bertz CT molecular complexity index is 2800. The van der Waals surface area contributed by atoms with Gasteiger partial charge in [-0.25, -0.2) is 4.98 Å². The second kappa shape index (κ2) is 11.4. The number of nitrogens with zero attached hydrogens (tertiary/aromatic N) is 4. The van der Waals surface area contributed by atoms with E-state index in [4.69, 9.17) is 19.4 Å². The van der Waals surface area contributed by atoms with Gasteiger partial charge in [-0.05, 0) is 58.7 Å². The van der Waals surface area contributed by atoms with E-state index in [0.717, 1.165) is 77.1 Å². The van der Waals surface area contributed by atoms with Gasteiger partial charge in [-0.15, -0.1) is 0 Å². The summed E-state index contributed by atoms with van der Waals surface area (Å²) in [5.41, 5.74) is 10.2. The van der Waals surface area contributed by atoms with Crippen molar-refractivity contribution in [2.24, 2.45) is 0 Å². The lowest BCUT2D eigenvalue weighted by molar-refractivity contribution is 0.669. The van der Waals surface area contributed by atoms with Crippen LogP contribution in [0.3, 0.4) is 0 Å². The molecule has 0 amide bonds. The maximum Gasteiger partial charge on any atom is 0.238 e. The summed E-state index contributed by atoms with van der Waals surface area (Å²) in [6.07, 6.45) is 0. The minimum atomic E-state index is 0.569. The minimum Gasteiger partial charge on any atom is -0.456 e. The van der Waals surface area contributed by atoms with Gasteiger partial charge in [0.15, 0.2) is 11.6 Å². The maximum absolute atomic E-state index is 6.26. The lowest BCUT2D eigenvalue weighted by Crippen LogP contribution is -2.06. The summed E-state index contributed by atoms with van der Waals surface area (Å²) < 4.78 is 8.44. The number of aromatic nitrogens is 4. The number of hydrogen-bond acceptors (Lipinski definition) is 4. The van der Waals surface area contributed by atoms with Gasteiger partial charge in [-0.3, -0.25) is 4.57 Å². The number of hydrogen-bond donors (Lipinski definition) is 0. The van der Waals surface area contributed by atoms with E-state index in [1.54, 1.807) is 0 Å². The molecule has 0 N–H and O–H groups in total. The fourth-order valence-corrected chi connectivity index (χ4v) is 7.03. The van der Waals surface area contributed by atoms with Gasteiger partial charge in [-0.1, -0.05) is 133 Å². The fourth-order valence-electron chi connectivity index (χ4n) is 7.03. The number of furan rings is 1. The molecule has 0 bridgehead atoms. The van der Waals surface area contributed by atoms with Crippen molar-refractivity contribution in [3.8, 4) is 51.0 Å². The van der Waals surface area contributed by atoms with E-state index in [1.807, 2.05) is 78.9 Å². The molecule has 10 rings (SSSR count). The van der Waals surface area contributed by atoms with Crippen LogP contribution in [-0.4, -0.2) is 19.5 Å². The maximum atomic E-state index is 6.26. The van der Waals surface area contributed by atoms with Crippen molar-refractivity contribution in [1.29, 1.82) is 0 Å². The summed E-state index contributed by atoms with van der Waals surface area (Å²) in [6, 6.07) is 58.7. The second-order valence-electron chi connectivity index (χ2n) is 12.5. The molecule has 0 radical (unpaired) electrons. The lowest BCUT2D eigenvalue weighted by Gasteiger charge is -2.11. The van der Waals surface area contributed by atoms with E-state index in [2.05, 4.69) is 95.6 Å². The van der Waals surface area contributed by atoms with Crippen LogP contribution in [0.2, 0.25) is 0 Å². The Hall–Kier alpha value is -6.85. The zero-order valence-corrected chi connectivity index (χ0v) is 26.9. The predicted molar refractivity (Wildman–Crippen MR) is 203 cm³/mol. The third kappa shape index (κ3) is 4.67. The Morgan fingerprint density at radius 1 is 0.340 bits per heavy atom. The average Bonchev–Trinajstić information content (AvgIpc) is 3.73. The Morgan fingerprint density at radius 2 is 0.880 bits per heavy atom. The highest BCUT2D eigenvalue weighted by Crippen LogP contribution is 2.38. The number of benzene rings is 7. The molecule has 7 aromatic carbocycles. The van der Waals surface area contributed by atoms with Crippen LogP contribution >= 0.6 is 0 Å². The van der Waals surface area contributed by atoms with Crippen molar-refractivity contribution in [1.82, 2.24) is 19.5 Å². The first kappa shape index (κ1) is 28.2. The molecule has 0 aliphatic heterocycles. The first-order valence-corrected chi connectivity index (χ1v) is 16.7. The number of rotatable bonds is 5. The Kier molecular flexibility index (Phi) is 6.42. The smallest absolute Gasteiger partial charge is 0.238 e. The summed E-state index contributed by atoms with van der Waals surface area (Å²) >= 11 is 0. The molecular weight excluding hydrogens is 613 g/mol. The summed E-state index contributed by atoms with van der Waals surface area (Å²) in [4.78, 5) is 15.2. The van der Waals surface area contributed by atoms with Crippen molar-refractivity contribution >= 4 is 43.7 Å². The molecule has 234 valence electrons. The van der Waals surface area contributed by atoms with Crippen LogP contribution in [0.25, 0.3) is 94.7 Å². The fraction of sp³-hybridized carbons (Fsp3) is 0. The second-order valence-corrected chi connectivity index (χ2v) is 12.5. The Balaban J connectivity index is 1.23. The average molecular weight is 641 g/mol. The first-order chi connectivity index (χ1) is 24.8. The van der Waals surface area contributed by atoms with E-state index >= 15 is 0 Å². The Labute approximate surface area is 287 Å². The molecule has 0 unspecified atom stereocenters. The number of fused-ring (bicyclic) bond motifs is 6. The van der Waals surface area contributed by atoms with Crippen LogP contribution in [0.15, 0.2) is 174 Å². The molecule has 0 aliphatic carbocycles. The highest BCUT2D eigenvalue weighted by molar-refractivity contribution is 6.12. The summed E-state index contributed by atoms with van der Waals surface area (Å²) in [6.45, 7) is 0. The van der Waals surface area contributed by atoms with Crippen molar-refractivity contribution in [2.45, 2.75) is 0 Å². The molecule has 3 aromatic heterocycles. The van der Waals surface area contributed by atoms with Gasteiger partial charge < -0.3 is 4.42 Å². The first-order valence-electron chi connectivity index (χ1n) is 16.7. The molecule has 5 heteroatoms. The largest absolute Gasteiger partial charge is 0.456 e. The zero-order valence-electron chi connectivity index (χ0n) is 26.9. The molecule has 0 saturated heterocycles. The molecule has 0 spiro atoms. The molecule has 3 heterocycles. The molecule has 0 aliphatic rings. The molecule has 0 fully saturated rings. The zero-order chi connectivity index (χ0) is 33.0. The Morgan fingerprint density at radius 3 is 1.58 bits per heavy atom. The molecule has 10 aromatic rings. The van der Waals surface area contributed by atoms with Gasteiger partial charge >= 0.3 is 0 Å². The molecule has 5 nitrogen and oxygen atoms in total. The van der Waals surface area contributed by atoms with Gasteiger partial charge in [0.2, 0.25) is 5.95 Å². The van der Waals surface area contributed by atoms with Crippen LogP contribution in [0.5, 0.6) is 0 Å². The van der Waals surface area contributed by atoms with Crippen molar-refractivity contribution in [3.05, 3.63) is 170 Å². The van der Waals surface area contributed by atoms with Crippen LogP contribution < -0.4 is 0 Å². The minimum absolute atomic E-state index is 0.569. The van der Waals surface area contributed by atoms with Gasteiger partial charge in [0.05, 0.1) is 11.0 Å². The van der Waals surface area contributed by atoms with Crippen LogP contribution in [0.4, 0.5) is 0 Å². The van der Waals surface area contributed by atoms with Gasteiger partial charge in [0.1, 0.15) is 11.2 Å². The standard InChI is InChI=1S/C45H28N4O/c1-4-12-29(13-5-1)33-20-23-35-38-26-32(34-21-24-37-36-18-10-11-19-41(36)50-42(37)28-34)22-25-39(38)49(40(35)27-33)45-47-43(30-14-6-2-7-15-30)46-44(48-45)31-16-8-3-9-17-31/h1-28H. The number of para-hydroxylation sites is 1. The molecular formula is C45H28N4O. The van der Waals surface area contributed by atoms with Crippen LogP contribution in [-0.2, 0) is 0 Å². The summed E-state index contributed by atoms with van der Waals surface area (Å²) in [5.74, 6) is 1.82. The van der Waals surface area contributed by atoms with Crippen LogP contribution in [0, 0.1) is 0 Å². The van der Waals surface area contributed by atoms with Crippen molar-refractivity contribution < 1.29 is 4.42 Å². The normalized spacial score (nSPS) is 11.6. The topological polar surface area (TPSA) is 56.7 Å². The molecule has 50 heavy (non-hydrogen) atoms. The van der Waals surface area contributed by atoms with E-state index in [0.29, 0.717) is 17.6 Å². The third-order valence-electron chi connectivity index (χ3n) is 9.47. The van der Waals surface area contributed by atoms with Crippen molar-refractivity contribution in [3.63, 3.8) is 0 Å². The summed E-state index contributed by atoms with van der Waals surface area (Å²) in [5, 5.41) is 4.48. The molecule has 0 atom stereocenters. The monoisotopic (exact) mass is 640 g/mol. The lowest BCUT2D eigenvalue weighted by atomic mass is 10.00. The third-order valence-corrected chi connectivity index (χ3v) is 9.47. The van der Waals surface area contributed by atoms with E-state index < -0.39 is 0 Å². The van der Waals surface area contributed by atoms with E-state index in [9.17, 15) is 0 Å². The van der Waals surface area contributed by atoms with Crippen molar-refractivity contribution in [2.75, 3.05) is 0 Å².